The monoisotopic (exact) mass is 213 g/mol. The van der Waals surface area contributed by atoms with Gasteiger partial charge in [-0.25, -0.2) is 0 Å². The second-order valence-corrected chi connectivity index (χ2v) is 4.84. The second-order valence-electron chi connectivity index (χ2n) is 4.84. The molecule has 1 atom stereocenters. The van der Waals surface area contributed by atoms with Crippen LogP contribution in [-0.4, -0.2) is 24.3 Å². The van der Waals surface area contributed by atoms with Crippen molar-refractivity contribution in [1.29, 1.82) is 0 Å². The Morgan fingerprint density at radius 3 is 2.94 bits per heavy atom. The van der Waals surface area contributed by atoms with E-state index in [-0.39, 0.29) is 5.41 Å². The first-order chi connectivity index (χ1) is 7.72. The van der Waals surface area contributed by atoms with E-state index in [2.05, 4.69) is 29.3 Å². The molecule has 0 saturated carbocycles. The summed E-state index contributed by atoms with van der Waals surface area (Å²) in [6, 6.07) is 8.26. The van der Waals surface area contributed by atoms with Crippen molar-refractivity contribution < 1.29 is 4.79 Å². The summed E-state index contributed by atoms with van der Waals surface area (Å²) in [5.41, 5.74) is 2.20. The average molecular weight is 213 g/mol. The Hall–Kier alpha value is -1.57. The van der Waals surface area contributed by atoms with Crippen molar-refractivity contribution >= 4 is 5.78 Å². The molecule has 1 unspecified atom stereocenters. The molecule has 0 radical (unpaired) electrons. The first-order valence-corrected chi connectivity index (χ1v) is 5.71. The highest BCUT2D eigenvalue weighted by molar-refractivity contribution is 5.97. The maximum atomic E-state index is 12.3. The Labute approximate surface area is 95.6 Å². The summed E-state index contributed by atoms with van der Waals surface area (Å²) >= 11 is 0. The van der Waals surface area contributed by atoms with Gasteiger partial charge < -0.3 is 4.90 Å². The molecule has 3 rings (SSSR count). The number of ketones is 1. The standard InChI is InChI=1S/C14H15NO/c1-15-8-4-7-14(10-15)12-6-3-2-5-11(12)9-13(14)16/h2-6,8H,7,9-10H2,1H3. The van der Waals surface area contributed by atoms with E-state index < -0.39 is 0 Å². The zero-order chi connectivity index (χ0) is 11.2. The minimum atomic E-state index is -0.264. The van der Waals surface area contributed by atoms with Gasteiger partial charge in [0.05, 0.1) is 5.41 Å². The number of rotatable bonds is 0. The minimum absolute atomic E-state index is 0.264. The third-order valence-corrected chi connectivity index (χ3v) is 3.76. The molecule has 0 amide bonds. The third-order valence-electron chi connectivity index (χ3n) is 3.76. The molecule has 0 saturated heterocycles. The second kappa shape index (κ2) is 3.21. The molecule has 0 aromatic heterocycles. The van der Waals surface area contributed by atoms with Crippen molar-refractivity contribution in [3.63, 3.8) is 0 Å². The Morgan fingerprint density at radius 1 is 1.31 bits per heavy atom. The van der Waals surface area contributed by atoms with E-state index in [4.69, 9.17) is 0 Å². The van der Waals surface area contributed by atoms with E-state index in [1.165, 1.54) is 11.1 Å². The fourth-order valence-corrected chi connectivity index (χ4v) is 3.01. The molecule has 0 N–H and O–H groups in total. The molecule has 1 aromatic carbocycles. The number of carbonyl (C=O) groups excluding carboxylic acids is 1. The van der Waals surface area contributed by atoms with Crippen LogP contribution in [0.4, 0.5) is 0 Å². The fraction of sp³-hybridized carbons (Fsp3) is 0.357. The van der Waals surface area contributed by atoms with Gasteiger partial charge in [0.15, 0.2) is 0 Å². The van der Waals surface area contributed by atoms with Gasteiger partial charge in [-0.15, -0.1) is 0 Å². The van der Waals surface area contributed by atoms with Crippen molar-refractivity contribution in [2.45, 2.75) is 18.3 Å². The Morgan fingerprint density at radius 2 is 2.12 bits per heavy atom. The van der Waals surface area contributed by atoms with Crippen LogP contribution in [0, 0.1) is 0 Å². The average Bonchev–Trinajstić information content (AvgIpc) is 2.53. The van der Waals surface area contributed by atoms with E-state index in [1.807, 2.05) is 19.2 Å². The largest absolute Gasteiger partial charge is 0.379 e. The van der Waals surface area contributed by atoms with Gasteiger partial charge in [0.1, 0.15) is 5.78 Å². The van der Waals surface area contributed by atoms with Crippen molar-refractivity contribution in [3.8, 4) is 0 Å². The van der Waals surface area contributed by atoms with E-state index >= 15 is 0 Å². The molecule has 1 aromatic rings. The van der Waals surface area contributed by atoms with Crippen LogP contribution in [0.25, 0.3) is 0 Å². The number of hydrogen-bond donors (Lipinski definition) is 0. The number of nitrogens with zero attached hydrogens (tertiary/aromatic N) is 1. The lowest BCUT2D eigenvalue weighted by Gasteiger charge is -2.35. The quantitative estimate of drug-likeness (QED) is 0.656. The molecule has 2 nitrogen and oxygen atoms in total. The topological polar surface area (TPSA) is 20.3 Å². The van der Waals surface area contributed by atoms with Gasteiger partial charge in [-0.1, -0.05) is 30.3 Å². The van der Waals surface area contributed by atoms with Gasteiger partial charge in [-0.05, 0) is 23.7 Å². The molecule has 0 bridgehead atoms. The summed E-state index contributed by atoms with van der Waals surface area (Å²) in [4.78, 5) is 14.4. The lowest BCUT2D eigenvalue weighted by molar-refractivity contribution is -0.123. The van der Waals surface area contributed by atoms with Crippen molar-refractivity contribution in [1.82, 2.24) is 4.90 Å². The molecule has 16 heavy (non-hydrogen) atoms. The number of likely N-dealkylation sites (N-methyl/N-ethyl adjacent to an activating group) is 1. The Kier molecular flexibility index (Phi) is 1.93. The molecule has 1 heterocycles. The highest BCUT2D eigenvalue weighted by Gasteiger charge is 2.46. The molecule has 2 aliphatic rings. The number of hydrogen-bond acceptors (Lipinski definition) is 2. The van der Waals surface area contributed by atoms with Crippen LogP contribution in [-0.2, 0) is 16.6 Å². The van der Waals surface area contributed by atoms with E-state index in [0.29, 0.717) is 12.2 Å². The van der Waals surface area contributed by atoms with Gasteiger partial charge in [-0.3, -0.25) is 4.79 Å². The van der Waals surface area contributed by atoms with E-state index in [0.717, 1.165) is 13.0 Å². The summed E-state index contributed by atoms with van der Waals surface area (Å²) in [5, 5.41) is 0. The zero-order valence-corrected chi connectivity index (χ0v) is 9.44. The van der Waals surface area contributed by atoms with Crippen molar-refractivity contribution in [3.05, 3.63) is 47.7 Å². The molecule has 1 aliphatic heterocycles. The minimum Gasteiger partial charge on any atom is -0.379 e. The molecule has 1 spiro atoms. The number of fused-ring (bicyclic) bond motifs is 2. The Balaban J connectivity index is 2.14. The van der Waals surface area contributed by atoms with Crippen LogP contribution in [0.3, 0.4) is 0 Å². The van der Waals surface area contributed by atoms with Crippen LogP contribution in [0.5, 0.6) is 0 Å². The SMILES string of the molecule is CN1C=CCC2(C1)C(=O)Cc1ccccc12. The maximum Gasteiger partial charge on any atom is 0.149 e. The van der Waals surface area contributed by atoms with Crippen LogP contribution < -0.4 is 0 Å². The number of carbonyl (C=O) groups is 1. The van der Waals surface area contributed by atoms with Crippen molar-refractivity contribution in [2.24, 2.45) is 0 Å². The summed E-state index contributed by atoms with van der Waals surface area (Å²) < 4.78 is 0. The van der Waals surface area contributed by atoms with Crippen LogP contribution in [0.2, 0.25) is 0 Å². The molecule has 82 valence electrons. The van der Waals surface area contributed by atoms with Gasteiger partial charge in [-0.2, -0.15) is 0 Å². The summed E-state index contributed by atoms with van der Waals surface area (Å²) in [7, 11) is 2.03. The number of allylic oxidation sites excluding steroid dienone is 1. The summed E-state index contributed by atoms with van der Waals surface area (Å²) in [5.74, 6) is 0.380. The zero-order valence-electron chi connectivity index (χ0n) is 9.44. The lowest BCUT2D eigenvalue weighted by Crippen LogP contribution is -2.43. The summed E-state index contributed by atoms with van der Waals surface area (Å²) in [6.07, 6.45) is 5.65. The molecular weight excluding hydrogens is 198 g/mol. The van der Waals surface area contributed by atoms with Gasteiger partial charge in [0, 0.05) is 20.0 Å². The lowest BCUT2D eigenvalue weighted by atomic mass is 9.76. The first kappa shape index (κ1) is 9.64. The third kappa shape index (κ3) is 1.16. The van der Waals surface area contributed by atoms with Crippen LogP contribution in [0.15, 0.2) is 36.5 Å². The molecule has 0 fully saturated rings. The van der Waals surface area contributed by atoms with Crippen LogP contribution >= 0.6 is 0 Å². The van der Waals surface area contributed by atoms with Crippen LogP contribution in [0.1, 0.15) is 17.5 Å². The van der Waals surface area contributed by atoms with Crippen molar-refractivity contribution in [2.75, 3.05) is 13.6 Å². The van der Waals surface area contributed by atoms with Gasteiger partial charge in [0.2, 0.25) is 0 Å². The smallest absolute Gasteiger partial charge is 0.149 e. The predicted octanol–water partition coefficient (Wildman–Crippen LogP) is 1.90. The highest BCUT2D eigenvalue weighted by atomic mass is 16.1. The highest BCUT2D eigenvalue weighted by Crippen LogP contribution is 2.41. The fourth-order valence-electron chi connectivity index (χ4n) is 3.01. The molecule has 1 aliphatic carbocycles. The normalized spacial score (nSPS) is 27.6. The maximum absolute atomic E-state index is 12.3. The Bertz CT molecular complexity index is 477. The number of benzene rings is 1. The van der Waals surface area contributed by atoms with E-state index in [9.17, 15) is 4.79 Å². The van der Waals surface area contributed by atoms with E-state index in [1.54, 1.807) is 0 Å². The van der Waals surface area contributed by atoms with Gasteiger partial charge >= 0.3 is 0 Å². The number of Topliss-reactive ketones (excluding diaryl/α,β-unsaturated/α-hetero) is 1. The predicted molar refractivity (Wildman–Crippen MR) is 63.2 cm³/mol. The molecular formula is C14H15NO. The molecule has 2 heteroatoms. The summed E-state index contributed by atoms with van der Waals surface area (Å²) in [6.45, 7) is 0.819. The first-order valence-electron chi connectivity index (χ1n) is 5.71. The van der Waals surface area contributed by atoms with Gasteiger partial charge in [0.25, 0.3) is 0 Å².